The number of aliphatic hydroxyl groups is 1. The van der Waals surface area contributed by atoms with Crippen LogP contribution in [0.25, 0.3) is 0 Å². The molecule has 5 heterocycles. The van der Waals surface area contributed by atoms with Gasteiger partial charge < -0.3 is 9.67 Å². The molecule has 0 unspecified atom stereocenters. The Bertz CT molecular complexity index is 978. The van der Waals surface area contributed by atoms with E-state index in [0.717, 1.165) is 56.7 Å². The zero-order valence-corrected chi connectivity index (χ0v) is 17.2. The van der Waals surface area contributed by atoms with Gasteiger partial charge in [0.05, 0.1) is 12.8 Å². The predicted octanol–water partition coefficient (Wildman–Crippen LogP) is 1.96. The van der Waals surface area contributed by atoms with Crippen molar-refractivity contribution < 1.29 is 9.50 Å². The lowest BCUT2D eigenvalue weighted by Gasteiger charge is -2.43. The van der Waals surface area contributed by atoms with Gasteiger partial charge in [0, 0.05) is 67.7 Å². The van der Waals surface area contributed by atoms with Crippen LogP contribution in [0.2, 0.25) is 0 Å². The van der Waals surface area contributed by atoms with Crippen molar-refractivity contribution in [1.82, 2.24) is 19.4 Å². The van der Waals surface area contributed by atoms with Crippen LogP contribution < -0.4 is 5.56 Å². The number of rotatable bonds is 5. The first kappa shape index (κ1) is 19.8. The van der Waals surface area contributed by atoms with Gasteiger partial charge >= 0.3 is 0 Å². The van der Waals surface area contributed by atoms with Gasteiger partial charge in [0.2, 0.25) is 0 Å². The van der Waals surface area contributed by atoms with Crippen LogP contribution in [0.4, 0.5) is 4.39 Å². The number of likely N-dealkylation sites (tertiary alicyclic amines) is 2. The Morgan fingerprint density at radius 1 is 1.13 bits per heavy atom. The first-order valence-corrected chi connectivity index (χ1v) is 11.0. The van der Waals surface area contributed by atoms with E-state index in [1.165, 1.54) is 6.20 Å². The minimum Gasteiger partial charge on any atom is -0.395 e. The van der Waals surface area contributed by atoms with Crippen molar-refractivity contribution in [2.24, 2.45) is 5.92 Å². The van der Waals surface area contributed by atoms with Crippen LogP contribution in [-0.2, 0) is 19.6 Å². The standard InChI is InChI=1S/C23H29FN4O2/c24-21-9-25-6-5-17(21)12-26-10-16-8-19(13-26)22-4-3-18(23(30)28(22)11-16)14-27-7-1-2-20(27)15-29/h3-6,9,16,19-20,29H,1-2,7-8,10-15H2/t16-,19+,20-/m0/s1. The smallest absolute Gasteiger partial charge is 0.255 e. The van der Waals surface area contributed by atoms with E-state index >= 15 is 0 Å². The average molecular weight is 413 g/mol. The molecule has 5 rings (SSSR count). The Labute approximate surface area is 176 Å². The van der Waals surface area contributed by atoms with Gasteiger partial charge in [-0.1, -0.05) is 6.07 Å². The number of piperidine rings is 1. The minimum absolute atomic E-state index is 0.124. The van der Waals surface area contributed by atoms with Crippen molar-refractivity contribution >= 4 is 0 Å². The van der Waals surface area contributed by atoms with Crippen molar-refractivity contribution in [3.63, 3.8) is 0 Å². The zero-order chi connectivity index (χ0) is 20.7. The molecule has 7 heteroatoms. The molecule has 3 aliphatic rings. The van der Waals surface area contributed by atoms with Gasteiger partial charge in [-0.2, -0.15) is 0 Å². The second kappa shape index (κ2) is 8.21. The Balaban J connectivity index is 1.35. The van der Waals surface area contributed by atoms with Crippen LogP contribution >= 0.6 is 0 Å². The number of halogens is 1. The SMILES string of the molecule is O=c1c(CN2CCC[C@H]2CO)ccc2n1C[C@H]1C[C@@H]2CN(Cc2ccncc2F)C1. The summed E-state index contributed by atoms with van der Waals surface area (Å²) in [5.74, 6) is 0.463. The van der Waals surface area contributed by atoms with Crippen molar-refractivity contribution in [2.75, 3.05) is 26.2 Å². The van der Waals surface area contributed by atoms with Gasteiger partial charge in [0.25, 0.3) is 5.56 Å². The lowest BCUT2D eigenvalue weighted by Crippen LogP contribution is -2.47. The third-order valence-corrected chi connectivity index (χ3v) is 7.09. The Morgan fingerprint density at radius 2 is 2.03 bits per heavy atom. The van der Waals surface area contributed by atoms with Gasteiger partial charge in [0.1, 0.15) is 5.82 Å². The maximum Gasteiger partial charge on any atom is 0.255 e. The average Bonchev–Trinajstić information content (AvgIpc) is 3.19. The number of fused-ring (bicyclic) bond motifs is 4. The molecule has 2 saturated heterocycles. The second-order valence-electron chi connectivity index (χ2n) is 9.11. The number of hydrogen-bond donors (Lipinski definition) is 1. The molecule has 30 heavy (non-hydrogen) atoms. The highest BCUT2D eigenvalue weighted by Crippen LogP contribution is 2.36. The van der Waals surface area contributed by atoms with Crippen LogP contribution in [0.15, 0.2) is 35.4 Å². The number of aliphatic hydroxyl groups excluding tert-OH is 1. The molecule has 160 valence electrons. The third kappa shape index (κ3) is 3.70. The van der Waals surface area contributed by atoms with E-state index in [0.29, 0.717) is 30.5 Å². The summed E-state index contributed by atoms with van der Waals surface area (Å²) in [6.07, 6.45) is 6.09. The quantitative estimate of drug-likeness (QED) is 0.814. The van der Waals surface area contributed by atoms with Crippen LogP contribution in [0.1, 0.15) is 42.0 Å². The number of pyridine rings is 2. The van der Waals surface area contributed by atoms with E-state index in [9.17, 15) is 14.3 Å². The van der Waals surface area contributed by atoms with Gasteiger partial charge in [-0.25, -0.2) is 4.39 Å². The number of aromatic nitrogens is 2. The second-order valence-corrected chi connectivity index (χ2v) is 9.11. The summed E-state index contributed by atoms with van der Waals surface area (Å²) in [5, 5.41) is 9.58. The monoisotopic (exact) mass is 412 g/mol. The summed E-state index contributed by atoms with van der Waals surface area (Å²) in [7, 11) is 0. The predicted molar refractivity (Wildman–Crippen MR) is 112 cm³/mol. The highest BCUT2D eigenvalue weighted by atomic mass is 19.1. The molecule has 0 saturated carbocycles. The molecule has 2 aromatic rings. The first-order chi connectivity index (χ1) is 14.6. The number of hydrogen-bond acceptors (Lipinski definition) is 5. The van der Waals surface area contributed by atoms with Gasteiger partial charge in [0.15, 0.2) is 0 Å². The van der Waals surface area contributed by atoms with Gasteiger partial charge in [-0.15, -0.1) is 0 Å². The Kier molecular flexibility index (Phi) is 5.43. The summed E-state index contributed by atoms with van der Waals surface area (Å²) in [5.41, 5.74) is 2.75. The van der Waals surface area contributed by atoms with E-state index in [4.69, 9.17) is 0 Å². The topological polar surface area (TPSA) is 61.6 Å². The van der Waals surface area contributed by atoms with E-state index in [-0.39, 0.29) is 24.0 Å². The van der Waals surface area contributed by atoms with Crippen LogP contribution in [0.5, 0.6) is 0 Å². The summed E-state index contributed by atoms with van der Waals surface area (Å²) in [6.45, 7) is 4.76. The highest BCUT2D eigenvalue weighted by molar-refractivity contribution is 5.23. The van der Waals surface area contributed by atoms with Crippen molar-refractivity contribution in [1.29, 1.82) is 0 Å². The maximum absolute atomic E-state index is 14.0. The third-order valence-electron chi connectivity index (χ3n) is 7.09. The van der Waals surface area contributed by atoms with E-state index in [1.54, 1.807) is 12.3 Å². The van der Waals surface area contributed by atoms with Crippen molar-refractivity contribution in [3.05, 3.63) is 63.6 Å². The maximum atomic E-state index is 14.0. The van der Waals surface area contributed by atoms with Crippen LogP contribution in [0, 0.1) is 11.7 Å². The summed E-state index contributed by atoms with van der Waals surface area (Å²) in [6, 6.07) is 6.04. The molecule has 0 amide bonds. The zero-order valence-electron chi connectivity index (χ0n) is 17.2. The lowest BCUT2D eigenvalue weighted by molar-refractivity contribution is 0.112. The van der Waals surface area contributed by atoms with Crippen LogP contribution in [0.3, 0.4) is 0 Å². The molecule has 2 fully saturated rings. The van der Waals surface area contributed by atoms with Crippen molar-refractivity contribution in [3.8, 4) is 0 Å². The molecule has 1 N–H and O–H groups in total. The Hall–Kier alpha value is -2.09. The summed E-state index contributed by atoms with van der Waals surface area (Å²) >= 11 is 0. The molecule has 6 nitrogen and oxygen atoms in total. The van der Waals surface area contributed by atoms with E-state index in [1.807, 2.05) is 10.6 Å². The molecule has 0 aliphatic carbocycles. The van der Waals surface area contributed by atoms with Gasteiger partial charge in [-0.05, 0) is 43.9 Å². The molecule has 0 radical (unpaired) electrons. The molecule has 3 atom stereocenters. The van der Waals surface area contributed by atoms with Crippen LogP contribution in [-0.4, -0.2) is 56.7 Å². The van der Waals surface area contributed by atoms with E-state index in [2.05, 4.69) is 20.9 Å². The molecule has 2 bridgehead atoms. The first-order valence-electron chi connectivity index (χ1n) is 11.0. The fraction of sp³-hybridized carbons (Fsp3) is 0.565. The molecule has 0 spiro atoms. The molecular weight excluding hydrogens is 383 g/mol. The molecule has 3 aliphatic heterocycles. The fourth-order valence-electron chi connectivity index (χ4n) is 5.64. The normalized spacial score (nSPS) is 26.7. The van der Waals surface area contributed by atoms with E-state index < -0.39 is 0 Å². The summed E-state index contributed by atoms with van der Waals surface area (Å²) < 4.78 is 16.0. The minimum atomic E-state index is -0.252. The van der Waals surface area contributed by atoms with Gasteiger partial charge in [-0.3, -0.25) is 19.6 Å². The molecule has 0 aromatic carbocycles. The molecule has 2 aromatic heterocycles. The largest absolute Gasteiger partial charge is 0.395 e. The lowest BCUT2D eigenvalue weighted by atomic mass is 9.82. The highest BCUT2D eigenvalue weighted by Gasteiger charge is 2.35. The van der Waals surface area contributed by atoms with Crippen molar-refractivity contribution in [2.45, 2.75) is 50.9 Å². The molecular formula is C23H29FN4O2. The summed E-state index contributed by atoms with van der Waals surface area (Å²) in [4.78, 5) is 21.6. The number of nitrogens with zero attached hydrogens (tertiary/aromatic N) is 4. The fourth-order valence-corrected chi connectivity index (χ4v) is 5.64. The Morgan fingerprint density at radius 3 is 2.87 bits per heavy atom.